The number of carbonyl (C=O) groups excluding carboxylic acids is 2. The van der Waals surface area contributed by atoms with Crippen molar-refractivity contribution in [1.29, 1.82) is 21.0 Å². The van der Waals surface area contributed by atoms with Crippen LogP contribution in [0.15, 0.2) is 122 Å². The molecule has 105 heavy (non-hydrogen) atoms. The number of ether oxygens (including phenoxy) is 4. The van der Waals surface area contributed by atoms with Gasteiger partial charge in [-0.05, 0) is 207 Å². The van der Waals surface area contributed by atoms with Crippen LogP contribution in [0.5, 0.6) is 23.0 Å². The SMILES string of the molecule is CC(C)[n+]1ccc(C2CCC(Oc3ccc(C#N)c(Cl)c3)CC2)[nH]1.CC(C)c1ccc(C(=O)CC2CCC(Oc3ccc(C#N)c(Cl)c3)CC2)cn1.CC(C)c1cnc(C(=O)CC2CCC(Oc3ccc(C#N)c(Cl)c3)CC2)cn1.CC(C)c1cnc(C2CCC(Oc3ccc(C#N)c(Cl)c3)CC2)n1C. The smallest absolute Gasteiger partial charge is 0.195 e. The molecule has 8 aromatic rings. The number of benzene rings is 4. The maximum absolute atomic E-state index is 12.6. The van der Waals surface area contributed by atoms with E-state index in [2.05, 4.69) is 121 Å². The van der Waals surface area contributed by atoms with Gasteiger partial charge in [0.1, 0.15) is 58.8 Å². The van der Waals surface area contributed by atoms with E-state index in [0.29, 0.717) is 125 Å². The van der Waals surface area contributed by atoms with Crippen molar-refractivity contribution in [2.45, 2.75) is 231 Å². The first-order chi connectivity index (χ1) is 50.5. The number of rotatable bonds is 20. The molecular weight excluding hydrogens is 1400 g/mol. The summed E-state index contributed by atoms with van der Waals surface area (Å²) < 4.78 is 28.6. The second-order valence-corrected chi connectivity index (χ2v) is 30.8. The fourth-order valence-electron chi connectivity index (χ4n) is 14.0. The molecule has 12 rings (SSSR count). The second-order valence-electron chi connectivity index (χ2n) is 29.2. The number of ketones is 2. The first-order valence-corrected chi connectivity index (χ1v) is 38.4. The summed E-state index contributed by atoms with van der Waals surface area (Å²) in [5, 5.41) is 41.0. The van der Waals surface area contributed by atoms with Crippen LogP contribution in [-0.2, 0) is 7.05 Å². The van der Waals surface area contributed by atoms with Crippen molar-refractivity contribution in [2.75, 3.05) is 0 Å². The van der Waals surface area contributed by atoms with Gasteiger partial charge in [0.25, 0.3) is 0 Å². The lowest BCUT2D eigenvalue weighted by molar-refractivity contribution is -0.768. The number of nitrogens with zero attached hydrogens (tertiary/aromatic N) is 10. The predicted octanol–water partition coefficient (Wildman–Crippen LogP) is 21.0. The average molecular weight is 1500 g/mol. The minimum Gasteiger partial charge on any atom is -0.490 e. The summed E-state index contributed by atoms with van der Waals surface area (Å²) in [6.45, 7) is 17.0. The second kappa shape index (κ2) is 39.0. The highest BCUT2D eigenvalue weighted by Crippen LogP contribution is 2.39. The molecule has 1 N–H and O–H groups in total. The molecule has 0 unspecified atom stereocenters. The number of imidazole rings is 1. The van der Waals surface area contributed by atoms with Crippen LogP contribution in [0.4, 0.5) is 0 Å². The van der Waals surface area contributed by atoms with E-state index in [4.69, 9.17) is 86.4 Å². The minimum absolute atomic E-state index is 0.0612. The summed E-state index contributed by atoms with van der Waals surface area (Å²) in [7, 11) is 2.12. The summed E-state index contributed by atoms with van der Waals surface area (Å²) in [6.07, 6.45) is 26.8. The number of hydrogen-bond acceptors (Lipinski definition) is 14. The minimum atomic E-state index is 0.0612. The Morgan fingerprint density at radius 1 is 0.467 bits per heavy atom. The van der Waals surface area contributed by atoms with Gasteiger partial charge in [-0.25, -0.2) is 9.97 Å². The molecule has 4 aliphatic carbocycles. The van der Waals surface area contributed by atoms with Gasteiger partial charge in [0.2, 0.25) is 0 Å². The molecule has 0 atom stereocenters. The van der Waals surface area contributed by atoms with Crippen molar-refractivity contribution in [3.8, 4) is 47.3 Å². The van der Waals surface area contributed by atoms with E-state index in [0.717, 1.165) is 126 Å². The Labute approximate surface area is 639 Å². The van der Waals surface area contributed by atoms with Crippen LogP contribution in [0, 0.1) is 57.2 Å². The average Bonchev–Trinajstić information content (AvgIpc) is 1.76. The van der Waals surface area contributed by atoms with Gasteiger partial charge in [0.05, 0.1) is 84.3 Å². The Hall–Kier alpha value is -8.81. The van der Waals surface area contributed by atoms with E-state index in [-0.39, 0.29) is 36.0 Å². The highest BCUT2D eigenvalue weighted by atomic mass is 35.5. The lowest BCUT2D eigenvalue weighted by Crippen LogP contribution is -2.37. The van der Waals surface area contributed by atoms with E-state index >= 15 is 0 Å². The maximum atomic E-state index is 12.6. The Morgan fingerprint density at radius 3 is 1.20 bits per heavy atom. The lowest BCUT2D eigenvalue weighted by Gasteiger charge is -2.29. The van der Waals surface area contributed by atoms with E-state index in [1.165, 1.54) is 17.2 Å². The highest BCUT2D eigenvalue weighted by molar-refractivity contribution is 6.32. The first-order valence-electron chi connectivity index (χ1n) is 36.9. The molecule has 4 aromatic carbocycles. The number of halogens is 4. The Kier molecular flexibility index (Phi) is 29.8. The molecule has 0 amide bonds. The van der Waals surface area contributed by atoms with Crippen molar-refractivity contribution in [1.82, 2.24) is 29.6 Å². The van der Waals surface area contributed by atoms with Crippen molar-refractivity contribution in [2.24, 2.45) is 18.9 Å². The number of aromatic nitrogens is 7. The van der Waals surface area contributed by atoms with Crippen molar-refractivity contribution >= 4 is 58.0 Å². The molecule has 4 heterocycles. The zero-order valence-corrected chi connectivity index (χ0v) is 64.7. The van der Waals surface area contributed by atoms with E-state index in [1.807, 2.05) is 42.6 Å². The number of H-pyrrole nitrogens is 1. The van der Waals surface area contributed by atoms with Gasteiger partial charge in [0.15, 0.2) is 23.8 Å². The molecule has 4 aliphatic rings. The van der Waals surface area contributed by atoms with Crippen LogP contribution in [0.3, 0.4) is 0 Å². The van der Waals surface area contributed by atoms with Gasteiger partial charge >= 0.3 is 0 Å². The number of nitrogens with one attached hydrogen (secondary N) is 1. The van der Waals surface area contributed by atoms with Crippen molar-refractivity contribution < 1.29 is 33.2 Å². The summed E-state index contributed by atoms with van der Waals surface area (Å²) in [5.41, 5.74) is 7.54. The molecule has 0 radical (unpaired) electrons. The number of aromatic amines is 1. The summed E-state index contributed by atoms with van der Waals surface area (Å²) in [5.74, 6) is 7.29. The fraction of sp³-hybridized carbons (Fsp3) is 0.464. The summed E-state index contributed by atoms with van der Waals surface area (Å²) >= 11 is 24.3. The first kappa shape index (κ1) is 80.3. The number of Topliss-reactive ketones (excluding diaryl/α,β-unsaturated/α-hetero) is 2. The number of pyridine rings is 1. The van der Waals surface area contributed by atoms with Crippen molar-refractivity contribution in [3.63, 3.8) is 0 Å². The molecule has 0 aliphatic heterocycles. The molecule has 21 heteroatoms. The summed E-state index contributed by atoms with van der Waals surface area (Å²) in [4.78, 5) is 42.7. The summed E-state index contributed by atoms with van der Waals surface area (Å²) in [6, 6.07) is 35.6. The largest absolute Gasteiger partial charge is 0.490 e. The molecule has 17 nitrogen and oxygen atoms in total. The van der Waals surface area contributed by atoms with Crippen LogP contribution < -0.4 is 23.6 Å². The Morgan fingerprint density at radius 2 is 0.867 bits per heavy atom. The van der Waals surface area contributed by atoms with E-state index in [9.17, 15) is 9.59 Å². The van der Waals surface area contributed by atoms with E-state index in [1.54, 1.807) is 79.3 Å². The fourth-order valence-corrected chi connectivity index (χ4v) is 14.8. The number of hydrogen-bond donors (Lipinski definition) is 1. The number of nitriles is 4. The Balaban J connectivity index is 0.000000162. The third kappa shape index (κ3) is 23.1. The maximum Gasteiger partial charge on any atom is 0.195 e. The molecule has 4 saturated carbocycles. The topological polar surface area (TPSA) is 242 Å². The van der Waals surface area contributed by atoms with Gasteiger partial charge in [0, 0.05) is 97.6 Å². The van der Waals surface area contributed by atoms with Crippen LogP contribution in [0.2, 0.25) is 20.1 Å². The molecule has 4 fully saturated rings. The van der Waals surface area contributed by atoms with Crippen LogP contribution in [0.1, 0.15) is 278 Å². The Bertz CT molecular complexity index is 4210. The third-order valence-corrected chi connectivity index (χ3v) is 21.5. The van der Waals surface area contributed by atoms with Gasteiger partial charge in [-0.15, -0.1) is 4.68 Å². The molecule has 0 saturated heterocycles. The number of carbonyl (C=O) groups is 2. The highest BCUT2D eigenvalue weighted by Gasteiger charge is 2.31. The monoisotopic (exact) mass is 1490 g/mol. The molecular formula is C84H96Cl4N11O6+. The van der Waals surface area contributed by atoms with Gasteiger partial charge < -0.3 is 23.5 Å². The lowest BCUT2D eigenvalue weighted by atomic mass is 9.83. The molecule has 0 spiro atoms. The third-order valence-electron chi connectivity index (χ3n) is 20.3. The van der Waals surface area contributed by atoms with E-state index < -0.39 is 0 Å². The van der Waals surface area contributed by atoms with Crippen LogP contribution in [-0.4, -0.2) is 65.6 Å². The van der Waals surface area contributed by atoms with Crippen LogP contribution >= 0.6 is 46.4 Å². The normalized spacial score (nSPS) is 19.9. The van der Waals surface area contributed by atoms with Gasteiger partial charge in [-0.2, -0.15) is 26.1 Å². The molecule has 0 bridgehead atoms. The van der Waals surface area contributed by atoms with Gasteiger partial charge in [-0.3, -0.25) is 19.6 Å². The van der Waals surface area contributed by atoms with Gasteiger partial charge in [-0.1, -0.05) is 87.9 Å². The van der Waals surface area contributed by atoms with Crippen molar-refractivity contribution in [3.05, 3.63) is 204 Å². The predicted molar refractivity (Wildman–Crippen MR) is 410 cm³/mol. The zero-order valence-electron chi connectivity index (χ0n) is 61.6. The molecule has 550 valence electrons. The van der Waals surface area contributed by atoms with Crippen LogP contribution in [0.25, 0.3) is 0 Å². The molecule has 4 aromatic heterocycles. The quantitative estimate of drug-likeness (QED) is 0.0551. The standard InChI is InChI=1S/C23H25ClN2O2.C22H24ClN3O2.C20H24ClN3O.C19H22ClN3O/c1-15(2)22-10-6-18(14-26-22)23(27)11-16-3-7-19(8-4-16)28-20-9-5-17(13-25)21(24)12-20;1-14(2)20-12-26-21(13-25-20)22(27)9-15-3-6-17(7-4-15)28-18-8-5-16(11-24)19(23)10-18;1-13(2)19-12-23-20(24(19)3)14-4-7-16(8-5-14)25-17-9-6-15(11-22)18(21)10-17;1-13(2)23-10-9-19(22-23)14-3-6-16(7-4-14)24-17-8-5-15(12-21)18(20)11-17/h5-6,9-10,12,14-16,19H,3-4,7-8,11H2,1-2H3;5,8,10,12-15,17H,3-4,6-7,9H2,1-2H3;6,9-10,12-14,16H,4-5,7-8H2,1-3H3;5,8-11,13-14,16H,3-4,6-7H2,1-2H3/p+1. The zero-order chi connectivity index (χ0) is 75.3.